The Morgan fingerprint density at radius 3 is 2.86 bits per heavy atom. The van der Waals surface area contributed by atoms with Gasteiger partial charge in [-0.15, -0.1) is 11.3 Å². The second-order valence-electron chi connectivity index (χ2n) is 7.77. The summed E-state index contributed by atoms with van der Waals surface area (Å²) in [6, 6.07) is 7.01. The molecule has 0 radical (unpaired) electrons. The number of carbonyl (C=O) groups excluding carboxylic acids is 1. The van der Waals surface area contributed by atoms with Crippen molar-refractivity contribution in [1.29, 1.82) is 0 Å². The van der Waals surface area contributed by atoms with Gasteiger partial charge in [-0.3, -0.25) is 5.10 Å². The lowest BCUT2D eigenvalue weighted by atomic mass is 9.91. The number of likely N-dealkylation sites (tertiary alicyclic amines) is 2. The minimum Gasteiger partial charge on any atom is -0.450 e. The molecule has 0 saturated carbocycles. The molecule has 2 saturated heterocycles. The second kappa shape index (κ2) is 9.09. The Balaban J connectivity index is 1.29. The number of nitrogens with zero attached hydrogens (tertiary/aromatic N) is 3. The maximum Gasteiger partial charge on any atom is 0.409 e. The molecule has 28 heavy (non-hydrogen) atoms. The summed E-state index contributed by atoms with van der Waals surface area (Å²) >= 11 is 1.73. The zero-order valence-corrected chi connectivity index (χ0v) is 17.4. The van der Waals surface area contributed by atoms with Crippen LogP contribution in [-0.2, 0) is 4.74 Å². The van der Waals surface area contributed by atoms with Crippen LogP contribution >= 0.6 is 11.3 Å². The number of thiophene rings is 1. The number of ether oxygens (including phenoxy) is 1. The van der Waals surface area contributed by atoms with Crippen LogP contribution in [0.5, 0.6) is 0 Å². The van der Waals surface area contributed by atoms with Gasteiger partial charge in [0, 0.05) is 30.7 Å². The summed E-state index contributed by atoms with van der Waals surface area (Å²) in [5.41, 5.74) is 2.34. The summed E-state index contributed by atoms with van der Waals surface area (Å²) in [6.45, 7) is 6.21. The SMILES string of the molecule is CCOC(=O)N1CCCC(N2CCC(c3cc(-c4cccs4)n[nH]3)CC2)CC1. The van der Waals surface area contributed by atoms with Crippen LogP contribution < -0.4 is 0 Å². The van der Waals surface area contributed by atoms with E-state index < -0.39 is 0 Å². The molecule has 1 atom stereocenters. The predicted octanol–water partition coefficient (Wildman–Crippen LogP) is 4.33. The minimum absolute atomic E-state index is 0.150. The fraction of sp³-hybridized carbons (Fsp3) is 0.619. The normalized spacial score (nSPS) is 22.2. The van der Waals surface area contributed by atoms with Crippen molar-refractivity contribution in [1.82, 2.24) is 20.0 Å². The molecular weight excluding hydrogens is 372 g/mol. The third-order valence-electron chi connectivity index (χ3n) is 6.08. The van der Waals surface area contributed by atoms with Crippen molar-refractivity contribution in [2.75, 3.05) is 32.8 Å². The Morgan fingerprint density at radius 1 is 1.25 bits per heavy atom. The fourth-order valence-electron chi connectivity index (χ4n) is 4.51. The third-order valence-corrected chi connectivity index (χ3v) is 6.97. The van der Waals surface area contributed by atoms with Crippen molar-refractivity contribution < 1.29 is 9.53 Å². The van der Waals surface area contributed by atoms with E-state index in [1.807, 2.05) is 11.8 Å². The Hall–Kier alpha value is -1.86. The molecule has 2 fully saturated rings. The van der Waals surface area contributed by atoms with E-state index in [9.17, 15) is 4.79 Å². The summed E-state index contributed by atoms with van der Waals surface area (Å²) < 4.78 is 5.17. The molecule has 0 aromatic carbocycles. The average Bonchev–Trinajstić information content (AvgIpc) is 3.36. The van der Waals surface area contributed by atoms with Gasteiger partial charge in [-0.1, -0.05) is 6.07 Å². The van der Waals surface area contributed by atoms with Crippen LogP contribution in [0.2, 0.25) is 0 Å². The number of hydrogen-bond donors (Lipinski definition) is 1. The van der Waals surface area contributed by atoms with Crippen LogP contribution in [-0.4, -0.2) is 64.9 Å². The van der Waals surface area contributed by atoms with Crippen LogP contribution in [0.15, 0.2) is 23.6 Å². The van der Waals surface area contributed by atoms with E-state index in [0.717, 1.165) is 44.7 Å². The largest absolute Gasteiger partial charge is 0.450 e. The molecule has 0 bridgehead atoms. The standard InChI is InChI=1S/C21H30N4O2S/c1-2-27-21(26)25-10-3-5-17(9-13-25)24-11-7-16(8-12-24)18-15-19(23-22-18)20-6-4-14-28-20/h4,6,14-17H,2-3,5,7-13H2,1H3,(H,22,23). The predicted molar refractivity (Wildman–Crippen MR) is 112 cm³/mol. The quantitative estimate of drug-likeness (QED) is 0.827. The molecule has 2 aromatic rings. The van der Waals surface area contributed by atoms with E-state index in [-0.39, 0.29) is 6.09 Å². The van der Waals surface area contributed by atoms with Crippen molar-refractivity contribution in [3.63, 3.8) is 0 Å². The first-order valence-corrected chi connectivity index (χ1v) is 11.4. The number of carbonyl (C=O) groups is 1. The molecule has 4 heterocycles. The number of amides is 1. The van der Waals surface area contributed by atoms with E-state index in [4.69, 9.17) is 4.74 Å². The highest BCUT2D eigenvalue weighted by atomic mass is 32.1. The smallest absolute Gasteiger partial charge is 0.409 e. The molecular formula is C21H30N4O2S. The number of aromatic nitrogens is 2. The van der Waals surface area contributed by atoms with Gasteiger partial charge in [0.15, 0.2) is 0 Å². The number of rotatable bonds is 4. The topological polar surface area (TPSA) is 61.5 Å². The first-order valence-electron chi connectivity index (χ1n) is 10.5. The van der Waals surface area contributed by atoms with E-state index in [1.54, 1.807) is 11.3 Å². The fourth-order valence-corrected chi connectivity index (χ4v) is 5.20. The Morgan fingerprint density at radius 2 is 2.11 bits per heavy atom. The van der Waals surface area contributed by atoms with Gasteiger partial charge in [-0.25, -0.2) is 4.79 Å². The first kappa shape index (κ1) is 19.5. The third kappa shape index (κ3) is 4.41. The molecule has 2 aliphatic heterocycles. The monoisotopic (exact) mass is 402 g/mol. The summed E-state index contributed by atoms with van der Waals surface area (Å²) in [5, 5.41) is 9.89. The van der Waals surface area contributed by atoms with Crippen molar-refractivity contribution in [3.8, 4) is 10.6 Å². The molecule has 0 spiro atoms. The Bertz CT molecular complexity index is 752. The van der Waals surface area contributed by atoms with Crippen LogP contribution in [0.1, 0.15) is 50.6 Å². The highest BCUT2D eigenvalue weighted by Crippen LogP contribution is 2.32. The van der Waals surface area contributed by atoms with Gasteiger partial charge < -0.3 is 14.5 Å². The van der Waals surface area contributed by atoms with Gasteiger partial charge in [0.05, 0.1) is 11.5 Å². The van der Waals surface area contributed by atoms with Crippen molar-refractivity contribution in [2.24, 2.45) is 0 Å². The van der Waals surface area contributed by atoms with Crippen molar-refractivity contribution >= 4 is 17.4 Å². The van der Waals surface area contributed by atoms with Gasteiger partial charge >= 0.3 is 6.09 Å². The van der Waals surface area contributed by atoms with Crippen LogP contribution in [0.25, 0.3) is 10.6 Å². The Kier molecular flexibility index (Phi) is 6.32. The summed E-state index contributed by atoms with van der Waals surface area (Å²) in [7, 11) is 0. The maximum atomic E-state index is 12.0. The van der Waals surface area contributed by atoms with Gasteiger partial charge in [0.1, 0.15) is 5.69 Å². The second-order valence-corrected chi connectivity index (χ2v) is 8.71. The molecule has 2 aliphatic rings. The average molecular weight is 403 g/mol. The van der Waals surface area contributed by atoms with E-state index in [0.29, 0.717) is 18.6 Å². The summed E-state index contributed by atoms with van der Waals surface area (Å²) in [5.74, 6) is 0.569. The van der Waals surface area contributed by atoms with Gasteiger partial charge in [0.25, 0.3) is 0 Å². The lowest BCUT2D eigenvalue weighted by molar-refractivity contribution is 0.105. The molecule has 4 rings (SSSR count). The van der Waals surface area contributed by atoms with Crippen LogP contribution in [0, 0.1) is 0 Å². The molecule has 7 heteroatoms. The summed E-state index contributed by atoms with van der Waals surface area (Å²) in [6.07, 6.45) is 5.48. The highest BCUT2D eigenvalue weighted by molar-refractivity contribution is 7.13. The lowest BCUT2D eigenvalue weighted by Gasteiger charge is -2.37. The maximum absolute atomic E-state index is 12.0. The zero-order chi connectivity index (χ0) is 19.3. The van der Waals surface area contributed by atoms with Gasteiger partial charge in [-0.05, 0) is 69.6 Å². The number of nitrogens with one attached hydrogen (secondary N) is 1. The van der Waals surface area contributed by atoms with E-state index >= 15 is 0 Å². The molecule has 1 unspecified atom stereocenters. The number of hydrogen-bond acceptors (Lipinski definition) is 5. The van der Waals surface area contributed by atoms with Crippen molar-refractivity contribution in [2.45, 2.75) is 51.0 Å². The van der Waals surface area contributed by atoms with Crippen LogP contribution in [0.4, 0.5) is 4.79 Å². The highest BCUT2D eigenvalue weighted by Gasteiger charge is 2.29. The number of piperidine rings is 1. The Labute approximate surface area is 170 Å². The number of aromatic amines is 1. The van der Waals surface area contributed by atoms with Gasteiger partial charge in [-0.2, -0.15) is 5.10 Å². The molecule has 152 valence electrons. The van der Waals surface area contributed by atoms with E-state index in [1.165, 1.54) is 29.8 Å². The molecule has 1 amide bonds. The minimum atomic E-state index is -0.150. The molecule has 0 aliphatic carbocycles. The van der Waals surface area contributed by atoms with Crippen molar-refractivity contribution in [3.05, 3.63) is 29.3 Å². The van der Waals surface area contributed by atoms with Crippen LogP contribution in [0.3, 0.4) is 0 Å². The van der Waals surface area contributed by atoms with E-state index in [2.05, 4.69) is 38.7 Å². The number of H-pyrrole nitrogens is 1. The molecule has 6 nitrogen and oxygen atoms in total. The lowest BCUT2D eigenvalue weighted by Crippen LogP contribution is -2.41. The zero-order valence-electron chi connectivity index (χ0n) is 16.6. The molecule has 1 N–H and O–H groups in total. The molecule has 2 aromatic heterocycles. The summed E-state index contributed by atoms with van der Waals surface area (Å²) in [4.78, 5) is 17.8. The first-order chi connectivity index (χ1) is 13.7. The van der Waals surface area contributed by atoms with Gasteiger partial charge in [0.2, 0.25) is 0 Å².